The number of carbonyl (C=O) groups excluding carboxylic acids is 1. The number of anilines is 1. The van der Waals surface area contributed by atoms with E-state index >= 15 is 0 Å². The molecule has 3 aromatic carbocycles. The van der Waals surface area contributed by atoms with Gasteiger partial charge in [-0.1, -0.05) is 84.6 Å². The van der Waals surface area contributed by atoms with Gasteiger partial charge < -0.3 is 4.90 Å². The minimum absolute atomic E-state index is 0.00713. The Balaban J connectivity index is 1.42. The summed E-state index contributed by atoms with van der Waals surface area (Å²) in [5.74, 6) is 0.0939. The number of fused-ring (bicyclic) bond motifs is 1. The summed E-state index contributed by atoms with van der Waals surface area (Å²) in [6, 6.07) is 26.7. The molecular weight excluding hydrogens is 466 g/mol. The second-order valence-corrected chi connectivity index (χ2v) is 11.4. The van der Waals surface area contributed by atoms with Gasteiger partial charge in [-0.25, -0.2) is 8.42 Å². The van der Waals surface area contributed by atoms with Crippen LogP contribution < -0.4 is 4.90 Å². The molecule has 1 atom stereocenters. The molecule has 0 radical (unpaired) electrons. The number of hydrogen-bond donors (Lipinski definition) is 0. The summed E-state index contributed by atoms with van der Waals surface area (Å²) in [7, 11) is -3.13. The van der Waals surface area contributed by atoms with E-state index in [0.717, 1.165) is 22.0 Å². The van der Waals surface area contributed by atoms with Gasteiger partial charge in [-0.3, -0.25) is 4.79 Å². The zero-order valence-electron chi connectivity index (χ0n) is 18.4. The highest BCUT2D eigenvalue weighted by atomic mass is 32.2. The van der Waals surface area contributed by atoms with Crippen molar-refractivity contribution in [2.24, 2.45) is 0 Å². The van der Waals surface area contributed by atoms with Crippen LogP contribution in [0.1, 0.15) is 6.42 Å². The fourth-order valence-corrected chi connectivity index (χ4v) is 6.85. The van der Waals surface area contributed by atoms with Crippen LogP contribution in [-0.4, -0.2) is 47.8 Å². The van der Waals surface area contributed by atoms with Crippen molar-refractivity contribution in [2.75, 3.05) is 22.2 Å². The Kier molecular flexibility index (Phi) is 6.34. The summed E-state index contributed by atoms with van der Waals surface area (Å²) >= 11 is 1.33. The summed E-state index contributed by atoms with van der Waals surface area (Å²) in [6.45, 7) is 0. The number of benzene rings is 3. The molecule has 1 aliphatic rings. The van der Waals surface area contributed by atoms with Gasteiger partial charge in [0.1, 0.15) is 10.7 Å². The van der Waals surface area contributed by atoms with E-state index in [1.54, 1.807) is 4.90 Å². The van der Waals surface area contributed by atoms with Crippen molar-refractivity contribution in [3.63, 3.8) is 0 Å². The summed E-state index contributed by atoms with van der Waals surface area (Å²) in [6.07, 6.45) is 0.447. The van der Waals surface area contributed by atoms with E-state index in [2.05, 4.69) is 10.2 Å². The van der Waals surface area contributed by atoms with Gasteiger partial charge in [-0.2, -0.15) is 0 Å². The average molecular weight is 490 g/mol. The molecule has 1 amide bonds. The number of sulfone groups is 1. The topological polar surface area (TPSA) is 80.2 Å². The van der Waals surface area contributed by atoms with E-state index in [1.165, 1.54) is 11.8 Å². The van der Waals surface area contributed by atoms with Crippen LogP contribution in [0.3, 0.4) is 0 Å². The second kappa shape index (κ2) is 9.56. The molecule has 0 N–H and O–H groups in total. The lowest BCUT2D eigenvalue weighted by Gasteiger charge is -2.28. The molecule has 0 unspecified atom stereocenters. The lowest BCUT2D eigenvalue weighted by Crippen LogP contribution is -2.42. The molecule has 8 heteroatoms. The van der Waals surface area contributed by atoms with E-state index in [4.69, 9.17) is 0 Å². The molecule has 34 heavy (non-hydrogen) atoms. The quantitative estimate of drug-likeness (QED) is 0.368. The Morgan fingerprint density at radius 3 is 2.21 bits per heavy atom. The molecule has 0 bridgehead atoms. The zero-order valence-corrected chi connectivity index (χ0v) is 20.0. The Morgan fingerprint density at radius 2 is 1.53 bits per heavy atom. The Labute approximate surface area is 202 Å². The first kappa shape index (κ1) is 22.6. The maximum Gasteiger partial charge on any atom is 0.237 e. The number of nitrogens with zero attached hydrogens (tertiary/aromatic N) is 3. The van der Waals surface area contributed by atoms with Crippen molar-refractivity contribution >= 4 is 44.0 Å². The van der Waals surface area contributed by atoms with Crippen molar-refractivity contribution < 1.29 is 13.2 Å². The van der Waals surface area contributed by atoms with Crippen LogP contribution >= 0.6 is 11.8 Å². The molecule has 6 nitrogen and oxygen atoms in total. The van der Waals surface area contributed by atoms with Gasteiger partial charge >= 0.3 is 0 Å². The van der Waals surface area contributed by atoms with E-state index in [9.17, 15) is 13.2 Å². The molecule has 4 aromatic rings. The van der Waals surface area contributed by atoms with Gasteiger partial charge in [0.05, 0.1) is 23.3 Å². The normalized spacial score (nSPS) is 17.0. The number of amides is 1. The molecule has 5 rings (SSSR count). The number of thioether (sulfide) groups is 1. The van der Waals surface area contributed by atoms with Crippen LogP contribution in [0, 0.1) is 0 Å². The number of rotatable bonds is 6. The predicted molar refractivity (Wildman–Crippen MR) is 137 cm³/mol. The lowest BCUT2D eigenvalue weighted by atomic mass is 10.1. The summed E-state index contributed by atoms with van der Waals surface area (Å²) in [4.78, 5) is 15.0. The van der Waals surface area contributed by atoms with Crippen LogP contribution in [0.15, 0.2) is 90.0 Å². The molecule has 1 aromatic heterocycles. The van der Waals surface area contributed by atoms with Gasteiger partial charge in [0, 0.05) is 22.0 Å². The number of hydrogen-bond acceptors (Lipinski definition) is 6. The van der Waals surface area contributed by atoms with Gasteiger partial charge in [-0.15, -0.1) is 10.2 Å². The number of para-hydroxylation sites is 1. The highest BCUT2D eigenvalue weighted by Gasteiger charge is 2.35. The van der Waals surface area contributed by atoms with Gasteiger partial charge in [-0.05, 0) is 18.6 Å². The highest BCUT2D eigenvalue weighted by molar-refractivity contribution is 8.00. The second-order valence-electron chi connectivity index (χ2n) is 8.21. The number of aromatic nitrogens is 2. The van der Waals surface area contributed by atoms with Gasteiger partial charge in [0.25, 0.3) is 0 Å². The zero-order chi connectivity index (χ0) is 23.5. The van der Waals surface area contributed by atoms with E-state index in [0.29, 0.717) is 17.1 Å². The fraction of sp³-hybridized carbons (Fsp3) is 0.192. The third-order valence-electron chi connectivity index (χ3n) is 5.91. The Hall–Kier alpha value is -3.23. The third kappa shape index (κ3) is 4.69. The minimum atomic E-state index is -3.13. The van der Waals surface area contributed by atoms with Crippen LogP contribution in [0.4, 0.5) is 5.69 Å². The largest absolute Gasteiger partial charge is 0.308 e. The van der Waals surface area contributed by atoms with E-state index in [1.807, 2.05) is 84.9 Å². The Bertz CT molecular complexity index is 1430. The van der Waals surface area contributed by atoms with Crippen molar-refractivity contribution in [2.45, 2.75) is 17.5 Å². The third-order valence-corrected chi connectivity index (χ3v) is 8.63. The standard InChI is InChI=1S/C26H23N3O3S2/c30-24(29(20-11-5-2-6-12-20)21-15-16-34(31,32)18-21)17-33-26-23-14-8-7-13-22(23)25(27-28-26)19-9-3-1-4-10-19/h1-14,21H,15-18H2/t21-/m1/s1. The van der Waals surface area contributed by atoms with Crippen LogP contribution in [0.5, 0.6) is 0 Å². The first-order valence-electron chi connectivity index (χ1n) is 11.0. The first-order chi connectivity index (χ1) is 16.5. The summed E-state index contributed by atoms with van der Waals surface area (Å²) in [5, 5.41) is 11.5. The van der Waals surface area contributed by atoms with E-state index in [-0.39, 0.29) is 29.2 Å². The minimum Gasteiger partial charge on any atom is -0.308 e. The Morgan fingerprint density at radius 1 is 0.882 bits per heavy atom. The molecular formula is C26H23N3O3S2. The number of carbonyl (C=O) groups is 1. The molecule has 0 spiro atoms. The van der Waals surface area contributed by atoms with Crippen LogP contribution in [0.25, 0.3) is 22.0 Å². The SMILES string of the molecule is O=C(CSc1nnc(-c2ccccc2)c2ccccc12)N(c1ccccc1)[C@@H]1CCS(=O)(=O)C1. The highest BCUT2D eigenvalue weighted by Crippen LogP contribution is 2.32. The average Bonchev–Trinajstić information content (AvgIpc) is 3.22. The van der Waals surface area contributed by atoms with Gasteiger partial charge in [0.2, 0.25) is 5.91 Å². The monoisotopic (exact) mass is 489 g/mol. The predicted octanol–water partition coefficient (Wildman–Crippen LogP) is 4.61. The summed E-state index contributed by atoms with van der Waals surface area (Å²) < 4.78 is 24.2. The molecule has 1 saturated heterocycles. The van der Waals surface area contributed by atoms with Crippen LogP contribution in [0.2, 0.25) is 0 Å². The lowest BCUT2D eigenvalue weighted by molar-refractivity contribution is -0.116. The molecule has 1 aliphatic heterocycles. The van der Waals surface area contributed by atoms with E-state index < -0.39 is 9.84 Å². The maximum absolute atomic E-state index is 13.4. The molecule has 0 aliphatic carbocycles. The fourth-order valence-electron chi connectivity index (χ4n) is 4.32. The maximum atomic E-state index is 13.4. The van der Waals surface area contributed by atoms with Gasteiger partial charge in [0.15, 0.2) is 9.84 Å². The van der Waals surface area contributed by atoms with Crippen LogP contribution in [-0.2, 0) is 14.6 Å². The van der Waals surface area contributed by atoms with Crippen molar-refractivity contribution in [1.82, 2.24) is 10.2 Å². The smallest absolute Gasteiger partial charge is 0.237 e. The molecule has 1 fully saturated rings. The summed E-state index contributed by atoms with van der Waals surface area (Å²) in [5.41, 5.74) is 2.50. The molecule has 172 valence electrons. The van der Waals surface area contributed by atoms with Crippen molar-refractivity contribution in [1.29, 1.82) is 0 Å². The molecule has 2 heterocycles. The molecule has 0 saturated carbocycles. The van der Waals surface area contributed by atoms with Crippen molar-refractivity contribution in [3.05, 3.63) is 84.9 Å². The van der Waals surface area contributed by atoms with Crippen molar-refractivity contribution in [3.8, 4) is 11.3 Å². The first-order valence-corrected chi connectivity index (χ1v) is 13.8.